The molecule has 0 bridgehead atoms. The van der Waals surface area contributed by atoms with Crippen molar-refractivity contribution in [1.82, 2.24) is 24.7 Å². The second-order valence-electron chi connectivity index (χ2n) is 6.43. The van der Waals surface area contributed by atoms with Gasteiger partial charge in [0.15, 0.2) is 0 Å². The number of hydrogen-bond acceptors (Lipinski definition) is 10. The Hall–Kier alpha value is -2.25. The molecule has 3 heterocycles. The summed E-state index contributed by atoms with van der Waals surface area (Å²) in [4.78, 5) is 18.3. The molecule has 2 unspecified atom stereocenters. The molecule has 3 rings (SSSR count). The zero-order valence-corrected chi connectivity index (χ0v) is 16.9. The van der Waals surface area contributed by atoms with E-state index < -0.39 is 26.7 Å². The predicted molar refractivity (Wildman–Crippen MR) is 103 cm³/mol. The number of esters is 1. The van der Waals surface area contributed by atoms with Crippen molar-refractivity contribution in [3.63, 3.8) is 0 Å². The van der Waals surface area contributed by atoms with Gasteiger partial charge in [-0.2, -0.15) is 0 Å². The topological polar surface area (TPSA) is 125 Å². The first-order chi connectivity index (χ1) is 13.1. The molecule has 2 aromatic rings. The van der Waals surface area contributed by atoms with Crippen molar-refractivity contribution in [2.75, 3.05) is 26.0 Å². The number of nitrogens with zero attached hydrogens (tertiary/aromatic N) is 5. The SMILES string of the molecule is C=CCN1CC(OC(=O)c2ccncc2C)[N+]([O-])(c2nnc(S(C)(=O)=O)s2)C1. The molecule has 150 valence electrons. The second kappa shape index (κ2) is 7.64. The van der Waals surface area contributed by atoms with Gasteiger partial charge >= 0.3 is 11.1 Å². The molecule has 0 saturated carbocycles. The van der Waals surface area contributed by atoms with Crippen LogP contribution in [0.2, 0.25) is 0 Å². The quantitative estimate of drug-likeness (QED) is 0.289. The summed E-state index contributed by atoms with van der Waals surface area (Å²) in [5.74, 6) is -0.656. The molecule has 0 radical (unpaired) electrons. The standard InChI is InChI=1S/C16H19N5O5S2/c1-4-7-20-9-13(26-14(22)12-5-6-17-8-11(12)2)21(23,10-20)15-18-19-16(27-15)28(3,24)25/h4-6,8,13H,1,7,9-10H2,2-3H3. The van der Waals surface area contributed by atoms with Gasteiger partial charge in [-0.3, -0.25) is 9.63 Å². The van der Waals surface area contributed by atoms with Crippen molar-refractivity contribution >= 4 is 32.3 Å². The summed E-state index contributed by atoms with van der Waals surface area (Å²) >= 11 is 0.682. The molecule has 2 atom stereocenters. The Bertz CT molecular complexity index is 1010. The van der Waals surface area contributed by atoms with Crippen molar-refractivity contribution in [3.05, 3.63) is 47.4 Å². The van der Waals surface area contributed by atoms with Crippen LogP contribution in [0, 0.1) is 12.1 Å². The third kappa shape index (κ3) is 3.95. The van der Waals surface area contributed by atoms with Crippen LogP contribution in [-0.2, 0) is 14.6 Å². The average molecular weight is 425 g/mol. The molecule has 1 fully saturated rings. The second-order valence-corrected chi connectivity index (χ2v) is 9.58. The molecule has 0 spiro atoms. The average Bonchev–Trinajstić information content (AvgIpc) is 3.22. The summed E-state index contributed by atoms with van der Waals surface area (Å²) in [7, 11) is -3.60. The highest BCUT2D eigenvalue weighted by atomic mass is 32.2. The van der Waals surface area contributed by atoms with Crippen LogP contribution in [0.5, 0.6) is 0 Å². The minimum absolute atomic E-state index is 0.0717. The fraction of sp³-hybridized carbons (Fsp3) is 0.375. The van der Waals surface area contributed by atoms with E-state index in [1.54, 1.807) is 17.9 Å². The lowest BCUT2D eigenvalue weighted by Crippen LogP contribution is -2.51. The molecule has 0 aromatic carbocycles. The fourth-order valence-corrected chi connectivity index (χ4v) is 4.48. The number of quaternary nitrogens is 1. The van der Waals surface area contributed by atoms with Gasteiger partial charge in [0.2, 0.25) is 14.2 Å². The number of hydroxylamine groups is 2. The van der Waals surface area contributed by atoms with E-state index in [-0.39, 0.29) is 22.7 Å². The molecule has 10 nitrogen and oxygen atoms in total. The Kier molecular flexibility index (Phi) is 5.59. The molecule has 1 saturated heterocycles. The third-order valence-corrected chi connectivity index (χ3v) is 6.90. The molecule has 0 aliphatic carbocycles. The van der Waals surface area contributed by atoms with Crippen molar-refractivity contribution in [1.29, 1.82) is 0 Å². The van der Waals surface area contributed by atoms with Crippen molar-refractivity contribution in [2.45, 2.75) is 17.5 Å². The van der Waals surface area contributed by atoms with E-state index in [0.717, 1.165) is 6.26 Å². The molecule has 12 heteroatoms. The van der Waals surface area contributed by atoms with Gasteiger partial charge in [-0.1, -0.05) is 11.2 Å². The van der Waals surface area contributed by atoms with Gasteiger partial charge in [0.1, 0.15) is 6.67 Å². The van der Waals surface area contributed by atoms with Crippen LogP contribution in [0.4, 0.5) is 5.13 Å². The highest BCUT2D eigenvalue weighted by Gasteiger charge is 2.46. The Balaban J connectivity index is 1.92. The van der Waals surface area contributed by atoms with Crippen LogP contribution < -0.4 is 4.65 Å². The van der Waals surface area contributed by atoms with Crippen LogP contribution in [0.25, 0.3) is 0 Å². The van der Waals surface area contributed by atoms with E-state index in [1.807, 2.05) is 0 Å². The summed E-state index contributed by atoms with van der Waals surface area (Å²) in [5, 5.41) is 20.9. The number of aryl methyl sites for hydroxylation is 1. The van der Waals surface area contributed by atoms with Crippen LogP contribution >= 0.6 is 11.3 Å². The first kappa shape index (κ1) is 20.5. The van der Waals surface area contributed by atoms with Crippen molar-refractivity contribution in [3.8, 4) is 0 Å². The Morgan fingerprint density at radius 2 is 2.29 bits per heavy atom. The molecule has 0 N–H and O–H groups in total. The summed E-state index contributed by atoms with van der Waals surface area (Å²) in [6.07, 6.45) is 4.48. The number of sulfone groups is 1. The van der Waals surface area contributed by atoms with E-state index in [4.69, 9.17) is 4.74 Å². The van der Waals surface area contributed by atoms with Gasteiger partial charge in [-0.05, 0) is 29.9 Å². The van der Waals surface area contributed by atoms with Crippen molar-refractivity contribution < 1.29 is 17.9 Å². The largest absolute Gasteiger partial charge is 0.622 e. The number of hydrogen-bond donors (Lipinski definition) is 0. The summed E-state index contributed by atoms with van der Waals surface area (Å²) in [6.45, 7) is 5.85. The Morgan fingerprint density at radius 1 is 1.54 bits per heavy atom. The third-order valence-electron chi connectivity index (χ3n) is 4.20. The molecular weight excluding hydrogens is 406 g/mol. The van der Waals surface area contributed by atoms with Gasteiger partial charge in [0.25, 0.3) is 6.23 Å². The van der Waals surface area contributed by atoms with Crippen LogP contribution in [0.15, 0.2) is 35.5 Å². The van der Waals surface area contributed by atoms with E-state index in [1.165, 1.54) is 18.5 Å². The van der Waals surface area contributed by atoms with Gasteiger partial charge in [-0.25, -0.2) is 18.1 Å². The number of ether oxygens (including phenoxy) is 1. The van der Waals surface area contributed by atoms with E-state index in [2.05, 4.69) is 21.8 Å². The maximum atomic E-state index is 13.6. The van der Waals surface area contributed by atoms with Gasteiger partial charge < -0.3 is 9.94 Å². The zero-order chi connectivity index (χ0) is 20.5. The highest BCUT2D eigenvalue weighted by molar-refractivity contribution is 7.92. The molecule has 1 aliphatic rings. The van der Waals surface area contributed by atoms with Gasteiger partial charge in [0.05, 0.1) is 12.1 Å². The molecule has 0 amide bonds. The molecular formula is C16H19N5O5S2. The number of carbonyl (C=O) groups excluding carboxylic acids is 1. The number of pyridine rings is 1. The lowest BCUT2D eigenvalue weighted by Gasteiger charge is -2.38. The minimum Gasteiger partial charge on any atom is -0.622 e. The lowest BCUT2D eigenvalue weighted by molar-refractivity contribution is 0.00546. The summed E-state index contributed by atoms with van der Waals surface area (Å²) in [5.41, 5.74) is 0.922. The number of rotatable bonds is 6. The van der Waals surface area contributed by atoms with E-state index in [0.29, 0.717) is 29.0 Å². The van der Waals surface area contributed by atoms with E-state index in [9.17, 15) is 18.4 Å². The van der Waals surface area contributed by atoms with E-state index >= 15 is 0 Å². The first-order valence-corrected chi connectivity index (χ1v) is 10.9. The smallest absolute Gasteiger partial charge is 0.343 e. The van der Waals surface area contributed by atoms with Crippen molar-refractivity contribution in [2.24, 2.45) is 0 Å². The maximum absolute atomic E-state index is 13.6. The molecule has 1 aliphatic heterocycles. The normalized spacial score (nSPS) is 22.9. The van der Waals surface area contributed by atoms with Crippen LogP contribution in [0.3, 0.4) is 0 Å². The zero-order valence-electron chi connectivity index (χ0n) is 15.3. The van der Waals surface area contributed by atoms with Crippen LogP contribution in [0.1, 0.15) is 15.9 Å². The number of aromatic nitrogens is 3. The molecule has 2 aromatic heterocycles. The summed E-state index contributed by atoms with van der Waals surface area (Å²) < 4.78 is 27.5. The maximum Gasteiger partial charge on any atom is 0.343 e. The Morgan fingerprint density at radius 3 is 2.89 bits per heavy atom. The Labute approximate surface area is 166 Å². The summed E-state index contributed by atoms with van der Waals surface area (Å²) in [6, 6.07) is 1.51. The highest BCUT2D eigenvalue weighted by Crippen LogP contribution is 2.35. The predicted octanol–water partition coefficient (Wildman–Crippen LogP) is 1.09. The number of carbonyl (C=O) groups is 1. The van der Waals surface area contributed by atoms with Crippen LogP contribution in [-0.4, -0.2) is 66.7 Å². The molecule has 28 heavy (non-hydrogen) atoms. The van der Waals surface area contributed by atoms with Gasteiger partial charge in [-0.15, -0.1) is 11.7 Å². The minimum atomic E-state index is -3.60. The first-order valence-electron chi connectivity index (χ1n) is 8.23. The fourth-order valence-electron chi connectivity index (χ4n) is 2.81. The van der Waals surface area contributed by atoms with Gasteiger partial charge in [0, 0.05) is 25.2 Å². The lowest BCUT2D eigenvalue weighted by atomic mass is 10.2. The monoisotopic (exact) mass is 425 g/mol.